The third kappa shape index (κ3) is 6.33. The summed E-state index contributed by atoms with van der Waals surface area (Å²) >= 11 is 6.28. The molecule has 38 heavy (non-hydrogen) atoms. The number of ether oxygens (including phenoxy) is 3. The lowest BCUT2D eigenvalue weighted by molar-refractivity contribution is -0.150. The quantitative estimate of drug-likeness (QED) is 0.379. The van der Waals surface area contributed by atoms with Crippen molar-refractivity contribution in [3.05, 3.63) is 75.7 Å². The van der Waals surface area contributed by atoms with Gasteiger partial charge in [-0.3, -0.25) is 14.5 Å². The highest BCUT2D eigenvalue weighted by atomic mass is 35.5. The summed E-state index contributed by atoms with van der Waals surface area (Å²) in [6.07, 6.45) is -1.04. The van der Waals surface area contributed by atoms with E-state index in [1.807, 2.05) is 18.2 Å². The molecule has 2 saturated heterocycles. The van der Waals surface area contributed by atoms with E-state index in [0.717, 1.165) is 36.8 Å². The number of morpholine rings is 1. The maximum atomic E-state index is 13.8. The smallest absolute Gasteiger partial charge is 0.304 e. The first-order valence-corrected chi connectivity index (χ1v) is 12.7. The van der Waals surface area contributed by atoms with Crippen LogP contribution in [0.2, 0.25) is 5.02 Å². The zero-order chi connectivity index (χ0) is 27.2. The van der Waals surface area contributed by atoms with Gasteiger partial charge in [0.05, 0.1) is 41.8 Å². The minimum Gasteiger partial charge on any atom is -0.440 e. The predicted molar refractivity (Wildman–Crippen MR) is 140 cm³/mol. The van der Waals surface area contributed by atoms with E-state index in [1.165, 1.54) is 36.2 Å². The number of anilines is 1. The van der Waals surface area contributed by atoms with Gasteiger partial charge in [-0.25, -0.2) is 9.40 Å². The molecular weight excluding hydrogens is 515 g/mol. The molecule has 0 bridgehead atoms. The minimum absolute atomic E-state index is 0.0475. The topological polar surface area (TPSA) is 83.6 Å². The number of nitrogens with zero attached hydrogens (tertiary/aromatic N) is 3. The molecule has 0 aliphatic carbocycles. The highest BCUT2D eigenvalue weighted by Gasteiger charge is 2.46. The molecule has 0 radical (unpaired) electrons. The summed E-state index contributed by atoms with van der Waals surface area (Å²) in [5, 5.41) is 6.14. The molecule has 2 fully saturated rings. The number of amides is 1. The molecule has 204 valence electrons. The number of likely N-dealkylation sites (N-methyl/N-ethyl adjacent to an activating group) is 1. The summed E-state index contributed by atoms with van der Waals surface area (Å²) in [6.45, 7) is 5.72. The number of methoxy groups -OCH3 is 1. The van der Waals surface area contributed by atoms with Gasteiger partial charge < -0.3 is 19.5 Å². The molecule has 2 aromatic carbocycles. The van der Waals surface area contributed by atoms with Crippen molar-refractivity contribution in [2.45, 2.75) is 26.2 Å². The van der Waals surface area contributed by atoms with Gasteiger partial charge in [0.15, 0.2) is 0 Å². The summed E-state index contributed by atoms with van der Waals surface area (Å²) in [4.78, 5) is 28.1. The van der Waals surface area contributed by atoms with Crippen LogP contribution < -0.4 is 10.3 Å². The third-order valence-electron chi connectivity index (χ3n) is 6.46. The Hall–Kier alpha value is -3.02. The SMILES string of the molecule is COCC(NCc1ccccc1CN1CCOCC1)=C1C(=O)N(c2ccc(F)cc2Cl)N(C)C1OC(C)=O. The minimum atomic E-state index is -1.04. The second-order valence-corrected chi connectivity index (χ2v) is 9.49. The summed E-state index contributed by atoms with van der Waals surface area (Å²) in [5.41, 5.74) is 3.16. The highest BCUT2D eigenvalue weighted by molar-refractivity contribution is 6.34. The van der Waals surface area contributed by atoms with Gasteiger partial charge in [-0.05, 0) is 29.3 Å². The Morgan fingerprint density at radius 2 is 1.89 bits per heavy atom. The van der Waals surface area contributed by atoms with Crippen molar-refractivity contribution < 1.29 is 28.2 Å². The number of esters is 1. The normalized spacial score (nSPS) is 20.1. The van der Waals surface area contributed by atoms with Gasteiger partial charge in [-0.2, -0.15) is 5.01 Å². The van der Waals surface area contributed by atoms with Gasteiger partial charge in [-0.15, -0.1) is 0 Å². The number of rotatable bonds is 9. The van der Waals surface area contributed by atoms with E-state index in [4.69, 9.17) is 25.8 Å². The molecule has 4 rings (SSSR count). The molecule has 0 spiro atoms. The van der Waals surface area contributed by atoms with Crippen molar-refractivity contribution in [3.63, 3.8) is 0 Å². The maximum Gasteiger partial charge on any atom is 0.304 e. The first kappa shape index (κ1) is 28.0. The van der Waals surface area contributed by atoms with Crippen molar-refractivity contribution in [2.75, 3.05) is 52.1 Å². The lowest BCUT2D eigenvalue weighted by Crippen LogP contribution is -2.41. The zero-order valence-corrected chi connectivity index (χ0v) is 22.5. The van der Waals surface area contributed by atoms with Crippen LogP contribution in [0.15, 0.2) is 53.7 Å². The van der Waals surface area contributed by atoms with Gasteiger partial charge in [0.1, 0.15) is 5.82 Å². The van der Waals surface area contributed by atoms with E-state index in [1.54, 1.807) is 7.05 Å². The fourth-order valence-corrected chi connectivity index (χ4v) is 4.86. The summed E-state index contributed by atoms with van der Waals surface area (Å²) in [5.74, 6) is -1.56. The largest absolute Gasteiger partial charge is 0.440 e. The maximum absolute atomic E-state index is 13.8. The number of benzene rings is 2. The van der Waals surface area contributed by atoms with Crippen LogP contribution in [0.25, 0.3) is 0 Å². The van der Waals surface area contributed by atoms with Crippen molar-refractivity contribution in [2.24, 2.45) is 0 Å². The Morgan fingerprint density at radius 3 is 2.55 bits per heavy atom. The zero-order valence-electron chi connectivity index (χ0n) is 21.7. The summed E-state index contributed by atoms with van der Waals surface area (Å²) in [6, 6.07) is 11.8. The van der Waals surface area contributed by atoms with Crippen molar-refractivity contribution in [3.8, 4) is 0 Å². The Balaban J connectivity index is 1.65. The fourth-order valence-electron chi connectivity index (χ4n) is 4.61. The number of carbonyl (C=O) groups excluding carboxylic acids is 2. The number of nitrogens with one attached hydrogen (secondary N) is 1. The Kier molecular flexibility index (Phi) is 9.35. The number of carbonyl (C=O) groups is 2. The van der Waals surface area contributed by atoms with Crippen molar-refractivity contribution in [1.82, 2.24) is 15.2 Å². The molecule has 2 aromatic rings. The van der Waals surface area contributed by atoms with Gasteiger partial charge in [0.25, 0.3) is 5.91 Å². The summed E-state index contributed by atoms with van der Waals surface area (Å²) < 4.78 is 30.2. The van der Waals surface area contributed by atoms with Crippen molar-refractivity contribution >= 4 is 29.2 Å². The Morgan fingerprint density at radius 1 is 1.18 bits per heavy atom. The van der Waals surface area contributed by atoms with Crippen LogP contribution in [-0.2, 0) is 36.9 Å². The van der Waals surface area contributed by atoms with E-state index < -0.39 is 23.9 Å². The number of hydrogen-bond acceptors (Lipinski definition) is 8. The number of halogens is 2. The van der Waals surface area contributed by atoms with E-state index in [-0.39, 0.29) is 22.9 Å². The van der Waals surface area contributed by atoms with Gasteiger partial charge in [-0.1, -0.05) is 35.9 Å². The Bertz CT molecular complexity index is 1200. The Labute approximate surface area is 226 Å². The van der Waals surface area contributed by atoms with Gasteiger partial charge in [0, 0.05) is 47.3 Å². The molecular formula is C27H32ClFN4O5. The van der Waals surface area contributed by atoms with Crippen LogP contribution in [0.3, 0.4) is 0 Å². The highest BCUT2D eigenvalue weighted by Crippen LogP contribution is 2.36. The monoisotopic (exact) mass is 546 g/mol. The standard InChI is InChI=1S/C27H32ClFN4O5/c1-18(34)38-27-25(26(35)33(31(27)2)24-9-8-21(29)14-22(24)28)23(17-36-3)30-15-19-6-4-5-7-20(19)16-32-10-12-37-13-11-32/h4-9,14,27,30H,10-13,15-17H2,1-3H3. The lowest BCUT2D eigenvalue weighted by Gasteiger charge is -2.28. The molecule has 2 aliphatic heterocycles. The van der Waals surface area contributed by atoms with Crippen LogP contribution in [0.4, 0.5) is 10.1 Å². The van der Waals surface area contributed by atoms with Gasteiger partial charge >= 0.3 is 5.97 Å². The second kappa shape index (κ2) is 12.7. The first-order valence-electron chi connectivity index (χ1n) is 12.3. The molecule has 2 heterocycles. The van der Waals surface area contributed by atoms with E-state index in [0.29, 0.717) is 25.5 Å². The molecule has 1 N–H and O–H groups in total. The van der Waals surface area contributed by atoms with E-state index >= 15 is 0 Å². The molecule has 11 heteroatoms. The third-order valence-corrected chi connectivity index (χ3v) is 6.76. The van der Waals surface area contributed by atoms with E-state index in [9.17, 15) is 14.0 Å². The molecule has 0 aromatic heterocycles. The average molecular weight is 547 g/mol. The molecule has 1 unspecified atom stereocenters. The average Bonchev–Trinajstić information content (AvgIpc) is 3.12. The lowest BCUT2D eigenvalue weighted by atomic mass is 10.1. The number of hydrazine groups is 1. The second-order valence-electron chi connectivity index (χ2n) is 9.08. The van der Waals surface area contributed by atoms with Crippen LogP contribution in [0.1, 0.15) is 18.1 Å². The number of hydrogen-bond donors (Lipinski definition) is 1. The van der Waals surface area contributed by atoms with Crippen LogP contribution in [0, 0.1) is 5.82 Å². The van der Waals surface area contributed by atoms with Crippen molar-refractivity contribution in [1.29, 1.82) is 0 Å². The predicted octanol–water partition coefficient (Wildman–Crippen LogP) is 3.08. The molecule has 1 amide bonds. The van der Waals surface area contributed by atoms with Crippen LogP contribution in [-0.4, -0.2) is 75.1 Å². The molecule has 2 aliphatic rings. The van der Waals surface area contributed by atoms with Crippen LogP contribution >= 0.6 is 11.6 Å². The fraction of sp³-hybridized carbons (Fsp3) is 0.407. The van der Waals surface area contributed by atoms with E-state index in [2.05, 4.69) is 16.3 Å². The summed E-state index contributed by atoms with van der Waals surface area (Å²) in [7, 11) is 3.12. The molecule has 1 atom stereocenters. The first-order chi connectivity index (χ1) is 18.3. The van der Waals surface area contributed by atoms with Gasteiger partial charge in [0.2, 0.25) is 6.23 Å². The molecule has 9 nitrogen and oxygen atoms in total. The molecule has 0 saturated carbocycles. The van der Waals surface area contributed by atoms with Crippen LogP contribution in [0.5, 0.6) is 0 Å².